The van der Waals surface area contributed by atoms with E-state index in [4.69, 9.17) is 4.74 Å². The number of carbonyl (C=O) groups is 2. The van der Waals surface area contributed by atoms with Crippen molar-refractivity contribution < 1.29 is 14.3 Å². The Kier molecular flexibility index (Phi) is 4.58. The normalized spacial score (nSPS) is 15.4. The maximum atomic E-state index is 12.8. The van der Waals surface area contributed by atoms with Crippen molar-refractivity contribution in [3.63, 3.8) is 0 Å². The molecule has 0 radical (unpaired) electrons. The van der Waals surface area contributed by atoms with E-state index in [0.29, 0.717) is 17.1 Å². The number of anilines is 2. The van der Waals surface area contributed by atoms with Crippen LogP contribution in [0.15, 0.2) is 78.9 Å². The van der Waals surface area contributed by atoms with Crippen LogP contribution < -0.4 is 15.4 Å². The number of nitrogens with one attached hydrogen (secondary N) is 2. The molecule has 4 rings (SSSR count). The maximum Gasteiger partial charge on any atom is 0.232 e. The van der Waals surface area contributed by atoms with Crippen LogP contribution in [0, 0.1) is 0 Å². The monoisotopic (exact) mass is 358 g/mol. The topological polar surface area (TPSA) is 67.4 Å². The van der Waals surface area contributed by atoms with E-state index in [1.54, 1.807) is 18.2 Å². The minimum absolute atomic E-state index is 0.128. The zero-order valence-electron chi connectivity index (χ0n) is 14.5. The molecule has 0 aromatic heterocycles. The highest BCUT2D eigenvalue weighted by Crippen LogP contribution is 2.33. The van der Waals surface area contributed by atoms with Gasteiger partial charge in [0.05, 0.1) is 5.92 Å². The molecule has 2 amide bonds. The van der Waals surface area contributed by atoms with Gasteiger partial charge in [0.25, 0.3) is 0 Å². The number of hydrogen-bond acceptors (Lipinski definition) is 3. The molecule has 1 aliphatic heterocycles. The standard InChI is InChI=1S/C22H18N2O3/c25-21-14-19(18-11-4-5-12-20(18)24-21)22(26)23-15-7-6-10-17(13-15)27-16-8-2-1-3-9-16/h1-13,19H,14H2,(H,23,26)(H,24,25). The number of carbonyl (C=O) groups excluding carboxylic acids is 2. The first-order chi connectivity index (χ1) is 13.2. The summed E-state index contributed by atoms with van der Waals surface area (Å²) in [5.74, 6) is 0.456. The summed E-state index contributed by atoms with van der Waals surface area (Å²) in [6, 6.07) is 24.0. The van der Waals surface area contributed by atoms with Crippen LogP contribution in [0.25, 0.3) is 0 Å². The van der Waals surface area contributed by atoms with Gasteiger partial charge in [0.1, 0.15) is 11.5 Å². The molecule has 3 aromatic rings. The molecule has 27 heavy (non-hydrogen) atoms. The van der Waals surface area contributed by atoms with E-state index in [1.165, 1.54) is 0 Å². The van der Waals surface area contributed by atoms with Crippen molar-refractivity contribution in [2.24, 2.45) is 0 Å². The molecule has 1 aliphatic rings. The molecular formula is C22H18N2O3. The smallest absolute Gasteiger partial charge is 0.232 e. The number of benzene rings is 3. The van der Waals surface area contributed by atoms with Crippen LogP contribution in [0.4, 0.5) is 11.4 Å². The quantitative estimate of drug-likeness (QED) is 0.719. The SMILES string of the molecule is O=C1CC(C(=O)Nc2cccc(Oc3ccccc3)c2)c2ccccc2N1. The fourth-order valence-electron chi connectivity index (χ4n) is 3.14. The Morgan fingerprint density at radius 3 is 2.52 bits per heavy atom. The van der Waals surface area contributed by atoms with Gasteiger partial charge in [0.15, 0.2) is 0 Å². The van der Waals surface area contributed by atoms with Gasteiger partial charge in [-0.05, 0) is 35.9 Å². The molecule has 0 saturated heterocycles. The molecule has 0 aliphatic carbocycles. The fraction of sp³-hybridized carbons (Fsp3) is 0.0909. The molecule has 1 heterocycles. The summed E-state index contributed by atoms with van der Waals surface area (Å²) in [5.41, 5.74) is 2.14. The summed E-state index contributed by atoms with van der Waals surface area (Å²) >= 11 is 0. The minimum atomic E-state index is -0.520. The molecule has 134 valence electrons. The Morgan fingerprint density at radius 2 is 1.67 bits per heavy atom. The Balaban J connectivity index is 1.52. The van der Waals surface area contributed by atoms with Crippen LogP contribution in [0.1, 0.15) is 17.9 Å². The van der Waals surface area contributed by atoms with Crippen LogP contribution in [-0.4, -0.2) is 11.8 Å². The largest absolute Gasteiger partial charge is 0.457 e. The van der Waals surface area contributed by atoms with Crippen LogP contribution >= 0.6 is 0 Å². The number of hydrogen-bond donors (Lipinski definition) is 2. The Morgan fingerprint density at radius 1 is 0.926 bits per heavy atom. The lowest BCUT2D eigenvalue weighted by Crippen LogP contribution is -2.30. The summed E-state index contributed by atoms with van der Waals surface area (Å²) < 4.78 is 5.80. The van der Waals surface area contributed by atoms with Gasteiger partial charge >= 0.3 is 0 Å². The van der Waals surface area contributed by atoms with Gasteiger partial charge in [-0.25, -0.2) is 0 Å². The fourth-order valence-corrected chi connectivity index (χ4v) is 3.14. The van der Waals surface area contributed by atoms with E-state index >= 15 is 0 Å². The molecule has 3 aromatic carbocycles. The molecule has 5 nitrogen and oxygen atoms in total. The minimum Gasteiger partial charge on any atom is -0.457 e. The van der Waals surface area contributed by atoms with E-state index in [-0.39, 0.29) is 18.2 Å². The number of amides is 2. The van der Waals surface area contributed by atoms with Crippen LogP contribution in [-0.2, 0) is 9.59 Å². The van der Waals surface area contributed by atoms with Crippen LogP contribution in [0.2, 0.25) is 0 Å². The first kappa shape index (κ1) is 16.8. The van der Waals surface area contributed by atoms with Gasteiger partial charge in [-0.15, -0.1) is 0 Å². The number of para-hydroxylation sites is 2. The number of ether oxygens (including phenoxy) is 1. The first-order valence-corrected chi connectivity index (χ1v) is 8.72. The predicted molar refractivity (Wildman–Crippen MR) is 104 cm³/mol. The molecule has 0 spiro atoms. The van der Waals surface area contributed by atoms with Gasteiger partial charge in [-0.1, -0.05) is 42.5 Å². The summed E-state index contributed by atoms with van der Waals surface area (Å²) in [6.07, 6.45) is 0.128. The van der Waals surface area contributed by atoms with Gasteiger partial charge in [0.2, 0.25) is 11.8 Å². The second-order valence-electron chi connectivity index (χ2n) is 6.32. The highest BCUT2D eigenvalue weighted by atomic mass is 16.5. The van der Waals surface area contributed by atoms with E-state index < -0.39 is 5.92 Å². The molecule has 1 atom stereocenters. The zero-order valence-corrected chi connectivity index (χ0v) is 14.5. The van der Waals surface area contributed by atoms with Crippen molar-refractivity contribution in [3.05, 3.63) is 84.4 Å². The molecule has 0 bridgehead atoms. The summed E-state index contributed by atoms with van der Waals surface area (Å²) in [5, 5.41) is 5.71. The van der Waals surface area contributed by atoms with Crippen molar-refractivity contribution in [3.8, 4) is 11.5 Å². The third-order valence-corrected chi connectivity index (χ3v) is 4.40. The number of rotatable bonds is 4. The van der Waals surface area contributed by atoms with Gasteiger partial charge in [0, 0.05) is 23.9 Å². The molecular weight excluding hydrogens is 340 g/mol. The van der Waals surface area contributed by atoms with Crippen molar-refractivity contribution in [2.45, 2.75) is 12.3 Å². The van der Waals surface area contributed by atoms with E-state index in [2.05, 4.69) is 10.6 Å². The Bertz CT molecular complexity index is 986. The highest BCUT2D eigenvalue weighted by molar-refractivity contribution is 6.05. The third kappa shape index (κ3) is 3.82. The third-order valence-electron chi connectivity index (χ3n) is 4.40. The Labute approximate surface area is 157 Å². The van der Waals surface area contributed by atoms with E-state index in [1.807, 2.05) is 60.7 Å². The molecule has 5 heteroatoms. The summed E-state index contributed by atoms with van der Waals surface area (Å²) in [6.45, 7) is 0. The lowest BCUT2D eigenvalue weighted by molar-refractivity contribution is -0.123. The van der Waals surface area contributed by atoms with Crippen molar-refractivity contribution in [1.29, 1.82) is 0 Å². The average Bonchev–Trinajstić information content (AvgIpc) is 2.68. The average molecular weight is 358 g/mol. The predicted octanol–water partition coefficient (Wildman–Crippen LogP) is 4.54. The molecule has 1 unspecified atom stereocenters. The van der Waals surface area contributed by atoms with E-state index in [9.17, 15) is 9.59 Å². The van der Waals surface area contributed by atoms with Gasteiger partial charge in [-0.2, -0.15) is 0 Å². The summed E-state index contributed by atoms with van der Waals surface area (Å²) in [7, 11) is 0. The highest BCUT2D eigenvalue weighted by Gasteiger charge is 2.30. The van der Waals surface area contributed by atoms with Crippen LogP contribution in [0.3, 0.4) is 0 Å². The van der Waals surface area contributed by atoms with E-state index in [0.717, 1.165) is 11.3 Å². The molecule has 0 saturated carbocycles. The zero-order chi connectivity index (χ0) is 18.6. The van der Waals surface area contributed by atoms with Crippen molar-refractivity contribution in [2.75, 3.05) is 10.6 Å². The maximum absolute atomic E-state index is 12.8. The number of fused-ring (bicyclic) bond motifs is 1. The van der Waals surface area contributed by atoms with Gasteiger partial charge < -0.3 is 15.4 Å². The molecule has 0 fully saturated rings. The van der Waals surface area contributed by atoms with Gasteiger partial charge in [-0.3, -0.25) is 9.59 Å². The Hall–Kier alpha value is -3.60. The summed E-state index contributed by atoms with van der Waals surface area (Å²) in [4.78, 5) is 24.8. The lowest BCUT2D eigenvalue weighted by Gasteiger charge is -2.24. The molecule has 2 N–H and O–H groups in total. The van der Waals surface area contributed by atoms with Crippen LogP contribution in [0.5, 0.6) is 11.5 Å². The first-order valence-electron chi connectivity index (χ1n) is 8.72. The second-order valence-corrected chi connectivity index (χ2v) is 6.32. The van der Waals surface area contributed by atoms with Crippen molar-refractivity contribution >= 4 is 23.2 Å². The van der Waals surface area contributed by atoms with Crippen molar-refractivity contribution in [1.82, 2.24) is 0 Å². The lowest BCUT2D eigenvalue weighted by atomic mass is 9.90. The second kappa shape index (κ2) is 7.33.